The molecular weight excluding hydrogens is 383 g/mol. The predicted molar refractivity (Wildman–Crippen MR) is 108 cm³/mol. The first-order chi connectivity index (χ1) is 12.7. The average Bonchev–Trinajstić information content (AvgIpc) is 3.13. The summed E-state index contributed by atoms with van der Waals surface area (Å²) in [5.74, 6) is 1.27. The molecule has 2 heterocycles. The topological polar surface area (TPSA) is 51.0 Å². The van der Waals surface area contributed by atoms with Crippen molar-refractivity contribution in [1.82, 2.24) is 19.7 Å². The molecule has 0 saturated carbocycles. The van der Waals surface area contributed by atoms with E-state index in [1.807, 2.05) is 24.8 Å². The van der Waals surface area contributed by atoms with E-state index >= 15 is 0 Å². The molecule has 3 rings (SSSR count). The molecule has 1 aliphatic rings. The van der Waals surface area contributed by atoms with Gasteiger partial charge in [-0.1, -0.05) is 29.3 Å². The number of benzene rings is 1. The third-order valence-electron chi connectivity index (χ3n) is 5.41. The number of halogens is 2. The molecule has 1 fully saturated rings. The van der Waals surface area contributed by atoms with Crippen LogP contribution in [0.3, 0.4) is 0 Å². The SMILES string of the molecule is CC(C)n1cnnc1C1CCCN(C(=O)C(C)(C)c2ccc(Cl)c(Cl)c2)C1. The van der Waals surface area contributed by atoms with Crippen LogP contribution in [0.4, 0.5) is 0 Å². The zero-order valence-corrected chi connectivity index (χ0v) is 17.8. The predicted octanol–water partition coefficient (Wildman–Crippen LogP) is 4.85. The maximum absolute atomic E-state index is 13.4. The number of carbonyl (C=O) groups excluding carboxylic acids is 1. The second-order valence-corrected chi connectivity index (χ2v) is 8.85. The standard InChI is InChI=1S/C20H26Cl2N4O/c1-13(2)26-12-23-24-18(26)14-6-5-9-25(11-14)19(27)20(3,4)15-7-8-16(21)17(22)10-15/h7-8,10,12-14H,5-6,9,11H2,1-4H3. The second-order valence-electron chi connectivity index (χ2n) is 8.03. The quantitative estimate of drug-likeness (QED) is 0.726. The smallest absolute Gasteiger partial charge is 0.232 e. The van der Waals surface area contributed by atoms with Gasteiger partial charge in [0, 0.05) is 25.0 Å². The number of hydrogen-bond acceptors (Lipinski definition) is 3. The van der Waals surface area contributed by atoms with Crippen LogP contribution in [-0.2, 0) is 10.2 Å². The van der Waals surface area contributed by atoms with Gasteiger partial charge in [0.25, 0.3) is 0 Å². The van der Waals surface area contributed by atoms with Crippen molar-refractivity contribution < 1.29 is 4.79 Å². The molecule has 1 atom stereocenters. The summed E-state index contributed by atoms with van der Waals surface area (Å²) in [6.07, 6.45) is 3.75. The molecule has 27 heavy (non-hydrogen) atoms. The monoisotopic (exact) mass is 408 g/mol. The number of nitrogens with zero attached hydrogens (tertiary/aromatic N) is 4. The Bertz CT molecular complexity index is 831. The van der Waals surface area contributed by atoms with Crippen LogP contribution in [0.5, 0.6) is 0 Å². The summed E-state index contributed by atoms with van der Waals surface area (Å²) in [6.45, 7) is 9.53. The maximum Gasteiger partial charge on any atom is 0.232 e. The number of piperidine rings is 1. The van der Waals surface area contributed by atoms with E-state index in [-0.39, 0.29) is 11.8 Å². The summed E-state index contributed by atoms with van der Waals surface area (Å²) in [7, 11) is 0. The highest BCUT2D eigenvalue weighted by molar-refractivity contribution is 6.42. The molecule has 1 amide bonds. The van der Waals surface area contributed by atoms with Gasteiger partial charge in [-0.2, -0.15) is 0 Å². The average molecular weight is 409 g/mol. The first-order valence-corrected chi connectivity index (χ1v) is 10.1. The molecule has 1 unspecified atom stereocenters. The Hall–Kier alpha value is -1.59. The van der Waals surface area contributed by atoms with Gasteiger partial charge < -0.3 is 9.47 Å². The molecule has 0 N–H and O–H groups in total. The lowest BCUT2D eigenvalue weighted by Crippen LogP contribution is -2.47. The van der Waals surface area contributed by atoms with E-state index in [4.69, 9.17) is 23.2 Å². The minimum Gasteiger partial charge on any atom is -0.341 e. The van der Waals surface area contributed by atoms with E-state index in [0.29, 0.717) is 22.6 Å². The van der Waals surface area contributed by atoms with Gasteiger partial charge in [-0.3, -0.25) is 4.79 Å². The number of hydrogen-bond donors (Lipinski definition) is 0. The highest BCUT2D eigenvalue weighted by Gasteiger charge is 2.37. The highest BCUT2D eigenvalue weighted by atomic mass is 35.5. The van der Waals surface area contributed by atoms with Crippen molar-refractivity contribution >= 4 is 29.1 Å². The number of aromatic nitrogens is 3. The van der Waals surface area contributed by atoms with Gasteiger partial charge in [0.2, 0.25) is 5.91 Å². The van der Waals surface area contributed by atoms with Crippen LogP contribution in [0.1, 0.15) is 63.9 Å². The number of likely N-dealkylation sites (tertiary alicyclic amines) is 1. The van der Waals surface area contributed by atoms with Crippen LogP contribution in [0.15, 0.2) is 24.5 Å². The Morgan fingerprint density at radius 1 is 1.26 bits per heavy atom. The Morgan fingerprint density at radius 2 is 2.00 bits per heavy atom. The lowest BCUT2D eigenvalue weighted by molar-refractivity contribution is -0.137. The Labute approximate surface area is 170 Å². The molecule has 1 aromatic heterocycles. The summed E-state index contributed by atoms with van der Waals surface area (Å²) in [6, 6.07) is 5.72. The van der Waals surface area contributed by atoms with E-state index in [9.17, 15) is 4.79 Å². The van der Waals surface area contributed by atoms with Gasteiger partial charge >= 0.3 is 0 Å². The molecule has 0 aliphatic carbocycles. The van der Waals surface area contributed by atoms with Crippen LogP contribution in [-0.4, -0.2) is 38.7 Å². The van der Waals surface area contributed by atoms with Crippen LogP contribution in [0.25, 0.3) is 0 Å². The lowest BCUT2D eigenvalue weighted by Gasteiger charge is -2.38. The minimum absolute atomic E-state index is 0.0983. The summed E-state index contributed by atoms with van der Waals surface area (Å²) in [5.41, 5.74) is 0.191. The van der Waals surface area contributed by atoms with Crippen LogP contribution in [0, 0.1) is 0 Å². The fraction of sp³-hybridized carbons (Fsp3) is 0.550. The van der Waals surface area contributed by atoms with Gasteiger partial charge in [0.1, 0.15) is 12.2 Å². The summed E-state index contributed by atoms with van der Waals surface area (Å²) < 4.78 is 2.10. The van der Waals surface area contributed by atoms with E-state index in [1.54, 1.807) is 18.5 Å². The first-order valence-electron chi connectivity index (χ1n) is 9.36. The third-order valence-corrected chi connectivity index (χ3v) is 6.15. The van der Waals surface area contributed by atoms with E-state index < -0.39 is 5.41 Å². The molecule has 0 radical (unpaired) electrons. The molecule has 0 spiro atoms. The van der Waals surface area contributed by atoms with E-state index in [2.05, 4.69) is 28.6 Å². The Kier molecular flexibility index (Phi) is 5.82. The van der Waals surface area contributed by atoms with Gasteiger partial charge in [-0.05, 0) is 58.2 Å². The summed E-state index contributed by atoms with van der Waals surface area (Å²) >= 11 is 12.2. The summed E-state index contributed by atoms with van der Waals surface area (Å²) in [5, 5.41) is 9.39. The van der Waals surface area contributed by atoms with Crippen molar-refractivity contribution in [2.45, 2.75) is 57.9 Å². The van der Waals surface area contributed by atoms with Crippen molar-refractivity contribution in [1.29, 1.82) is 0 Å². The minimum atomic E-state index is -0.679. The molecular formula is C20H26Cl2N4O. The summed E-state index contributed by atoms with van der Waals surface area (Å²) in [4.78, 5) is 15.3. The molecule has 5 nitrogen and oxygen atoms in total. The zero-order chi connectivity index (χ0) is 19.8. The van der Waals surface area contributed by atoms with Crippen LogP contribution < -0.4 is 0 Å². The van der Waals surface area contributed by atoms with Crippen molar-refractivity contribution in [2.75, 3.05) is 13.1 Å². The third kappa shape index (κ3) is 3.99. The lowest BCUT2D eigenvalue weighted by atomic mass is 9.82. The van der Waals surface area contributed by atoms with Crippen molar-refractivity contribution in [3.8, 4) is 0 Å². The highest BCUT2D eigenvalue weighted by Crippen LogP contribution is 2.34. The fourth-order valence-electron chi connectivity index (χ4n) is 3.72. The van der Waals surface area contributed by atoms with Crippen LogP contribution in [0.2, 0.25) is 10.0 Å². The Balaban J connectivity index is 1.81. The van der Waals surface area contributed by atoms with Gasteiger partial charge in [-0.15, -0.1) is 10.2 Å². The molecule has 0 bridgehead atoms. The van der Waals surface area contributed by atoms with Crippen LogP contribution >= 0.6 is 23.2 Å². The van der Waals surface area contributed by atoms with Gasteiger partial charge in [-0.25, -0.2) is 0 Å². The molecule has 146 valence electrons. The van der Waals surface area contributed by atoms with Gasteiger partial charge in [0.05, 0.1) is 15.5 Å². The molecule has 7 heteroatoms. The molecule has 2 aromatic rings. The van der Waals surface area contributed by atoms with Gasteiger partial charge in [0.15, 0.2) is 0 Å². The van der Waals surface area contributed by atoms with Crippen molar-refractivity contribution in [3.05, 3.63) is 46.0 Å². The molecule has 1 aliphatic heterocycles. The Morgan fingerprint density at radius 3 is 2.67 bits per heavy atom. The number of rotatable bonds is 4. The van der Waals surface area contributed by atoms with E-state index in [0.717, 1.165) is 30.8 Å². The molecule has 1 aromatic carbocycles. The number of carbonyl (C=O) groups is 1. The number of amides is 1. The van der Waals surface area contributed by atoms with E-state index in [1.165, 1.54) is 0 Å². The maximum atomic E-state index is 13.4. The van der Waals surface area contributed by atoms with Crippen molar-refractivity contribution in [2.24, 2.45) is 0 Å². The zero-order valence-electron chi connectivity index (χ0n) is 16.2. The first kappa shape index (κ1) is 20.2. The molecule has 1 saturated heterocycles. The van der Waals surface area contributed by atoms with Crippen molar-refractivity contribution in [3.63, 3.8) is 0 Å². The largest absolute Gasteiger partial charge is 0.341 e. The second kappa shape index (κ2) is 7.80. The normalized spacial score (nSPS) is 18.2. The fourth-order valence-corrected chi connectivity index (χ4v) is 4.02.